The summed E-state index contributed by atoms with van der Waals surface area (Å²) in [7, 11) is 1.62. The van der Waals surface area contributed by atoms with Gasteiger partial charge in [0.15, 0.2) is 0 Å². The van der Waals surface area contributed by atoms with Crippen LogP contribution in [-0.4, -0.2) is 50.4 Å². The Labute approximate surface area is 130 Å². The van der Waals surface area contributed by atoms with Crippen LogP contribution in [0, 0.1) is 0 Å². The lowest BCUT2D eigenvalue weighted by atomic mass is 10.1. The summed E-state index contributed by atoms with van der Waals surface area (Å²) in [5.41, 5.74) is 1.03. The molecule has 0 bridgehead atoms. The Balaban J connectivity index is 1.94. The van der Waals surface area contributed by atoms with Crippen LogP contribution in [0.25, 0.3) is 0 Å². The Hall–Kier alpha value is -1.30. The Kier molecular flexibility index (Phi) is 5.85. The summed E-state index contributed by atoms with van der Waals surface area (Å²) in [6.07, 6.45) is -0.112. The van der Waals surface area contributed by atoms with Crippen LogP contribution < -0.4 is 5.32 Å². The van der Waals surface area contributed by atoms with E-state index in [0.29, 0.717) is 31.3 Å². The molecule has 2 unspecified atom stereocenters. The largest absolute Gasteiger partial charge is 0.383 e. The summed E-state index contributed by atoms with van der Waals surface area (Å²) in [4.78, 5) is 14.0. The standard InChI is InChI=1S/C15H21ClN2O3/c1-11(10-20-2)17-15(19)18-7-8-21-14(9-18)12-3-5-13(16)6-4-12/h3-6,11,14H,7-10H2,1-2H3,(H,17,19). The average molecular weight is 313 g/mol. The Morgan fingerprint density at radius 1 is 1.52 bits per heavy atom. The van der Waals surface area contributed by atoms with Gasteiger partial charge in [-0.05, 0) is 24.6 Å². The summed E-state index contributed by atoms with van der Waals surface area (Å²) >= 11 is 5.89. The predicted octanol–water partition coefficient (Wildman–Crippen LogP) is 2.46. The van der Waals surface area contributed by atoms with Crippen LogP contribution in [0.15, 0.2) is 24.3 Å². The van der Waals surface area contributed by atoms with E-state index in [0.717, 1.165) is 5.56 Å². The van der Waals surface area contributed by atoms with Crippen molar-refractivity contribution >= 4 is 17.6 Å². The maximum atomic E-state index is 12.2. The molecular formula is C15H21ClN2O3. The number of rotatable bonds is 4. The molecular weight excluding hydrogens is 292 g/mol. The highest BCUT2D eigenvalue weighted by molar-refractivity contribution is 6.30. The second-order valence-electron chi connectivity index (χ2n) is 5.16. The van der Waals surface area contributed by atoms with Crippen LogP contribution >= 0.6 is 11.6 Å². The van der Waals surface area contributed by atoms with Crippen LogP contribution in [-0.2, 0) is 9.47 Å². The molecule has 1 aliphatic heterocycles. The molecule has 116 valence electrons. The molecule has 0 aromatic heterocycles. The number of carbonyl (C=O) groups excluding carboxylic acids is 1. The van der Waals surface area contributed by atoms with E-state index >= 15 is 0 Å². The van der Waals surface area contributed by atoms with E-state index in [4.69, 9.17) is 21.1 Å². The number of nitrogens with one attached hydrogen (secondary N) is 1. The molecule has 1 aromatic carbocycles. The van der Waals surface area contributed by atoms with Gasteiger partial charge in [0.25, 0.3) is 0 Å². The second-order valence-corrected chi connectivity index (χ2v) is 5.60. The van der Waals surface area contributed by atoms with E-state index < -0.39 is 0 Å². The summed E-state index contributed by atoms with van der Waals surface area (Å²) in [5.74, 6) is 0. The number of morpholine rings is 1. The Morgan fingerprint density at radius 2 is 2.24 bits per heavy atom. The molecule has 2 amide bonds. The fraction of sp³-hybridized carbons (Fsp3) is 0.533. The van der Waals surface area contributed by atoms with E-state index in [1.54, 1.807) is 12.0 Å². The van der Waals surface area contributed by atoms with Crippen molar-refractivity contribution in [2.75, 3.05) is 33.4 Å². The van der Waals surface area contributed by atoms with Gasteiger partial charge >= 0.3 is 6.03 Å². The van der Waals surface area contributed by atoms with E-state index in [1.807, 2.05) is 31.2 Å². The molecule has 1 fully saturated rings. The lowest BCUT2D eigenvalue weighted by molar-refractivity contribution is -0.0160. The van der Waals surface area contributed by atoms with Gasteiger partial charge in [-0.15, -0.1) is 0 Å². The number of urea groups is 1. The van der Waals surface area contributed by atoms with E-state index in [-0.39, 0.29) is 18.2 Å². The minimum atomic E-state index is -0.112. The molecule has 2 rings (SSSR count). The highest BCUT2D eigenvalue weighted by Gasteiger charge is 2.25. The normalized spacial score (nSPS) is 20.1. The van der Waals surface area contributed by atoms with Crippen molar-refractivity contribution in [1.29, 1.82) is 0 Å². The summed E-state index contributed by atoms with van der Waals surface area (Å²) in [5, 5.41) is 3.61. The quantitative estimate of drug-likeness (QED) is 0.929. The van der Waals surface area contributed by atoms with Gasteiger partial charge in [-0.3, -0.25) is 0 Å². The zero-order valence-electron chi connectivity index (χ0n) is 12.3. The monoisotopic (exact) mass is 312 g/mol. The van der Waals surface area contributed by atoms with Crippen molar-refractivity contribution in [2.45, 2.75) is 19.1 Å². The lowest BCUT2D eigenvalue weighted by Crippen LogP contribution is -2.50. The third kappa shape index (κ3) is 4.59. The highest BCUT2D eigenvalue weighted by atomic mass is 35.5. The van der Waals surface area contributed by atoms with Crippen molar-refractivity contribution in [3.8, 4) is 0 Å². The maximum Gasteiger partial charge on any atom is 0.317 e. The van der Waals surface area contributed by atoms with Crippen molar-refractivity contribution < 1.29 is 14.3 Å². The zero-order chi connectivity index (χ0) is 15.2. The molecule has 5 nitrogen and oxygen atoms in total. The molecule has 6 heteroatoms. The Morgan fingerprint density at radius 3 is 2.90 bits per heavy atom. The maximum absolute atomic E-state index is 12.2. The fourth-order valence-electron chi connectivity index (χ4n) is 2.31. The fourth-order valence-corrected chi connectivity index (χ4v) is 2.43. The van der Waals surface area contributed by atoms with E-state index in [9.17, 15) is 4.79 Å². The molecule has 1 N–H and O–H groups in total. The van der Waals surface area contributed by atoms with Gasteiger partial charge in [-0.25, -0.2) is 4.79 Å². The first kappa shape index (κ1) is 16.1. The van der Waals surface area contributed by atoms with Gasteiger partial charge in [0.05, 0.1) is 25.8 Å². The van der Waals surface area contributed by atoms with Crippen LogP contribution in [0.2, 0.25) is 5.02 Å². The number of nitrogens with zero attached hydrogens (tertiary/aromatic N) is 1. The Bertz CT molecular complexity index is 466. The van der Waals surface area contributed by atoms with Crippen LogP contribution in [0.3, 0.4) is 0 Å². The third-order valence-corrected chi connectivity index (χ3v) is 3.63. The first-order chi connectivity index (χ1) is 10.1. The van der Waals surface area contributed by atoms with Gasteiger partial charge in [-0.1, -0.05) is 23.7 Å². The van der Waals surface area contributed by atoms with Gasteiger partial charge in [0.2, 0.25) is 0 Å². The SMILES string of the molecule is COCC(C)NC(=O)N1CCOC(c2ccc(Cl)cc2)C1. The molecule has 2 atom stereocenters. The van der Waals surface area contributed by atoms with Crippen molar-refractivity contribution in [3.63, 3.8) is 0 Å². The van der Waals surface area contributed by atoms with Gasteiger partial charge in [0.1, 0.15) is 6.10 Å². The zero-order valence-corrected chi connectivity index (χ0v) is 13.1. The number of amides is 2. The predicted molar refractivity (Wildman–Crippen MR) is 81.6 cm³/mol. The molecule has 1 aliphatic rings. The minimum Gasteiger partial charge on any atom is -0.383 e. The number of hydrogen-bond donors (Lipinski definition) is 1. The molecule has 1 saturated heterocycles. The highest BCUT2D eigenvalue weighted by Crippen LogP contribution is 2.23. The van der Waals surface area contributed by atoms with E-state index in [1.165, 1.54) is 0 Å². The summed E-state index contributed by atoms with van der Waals surface area (Å²) in [6, 6.07) is 7.44. The van der Waals surface area contributed by atoms with Gasteiger partial charge < -0.3 is 19.7 Å². The van der Waals surface area contributed by atoms with Crippen molar-refractivity contribution in [1.82, 2.24) is 10.2 Å². The molecule has 1 aromatic rings. The van der Waals surface area contributed by atoms with Crippen LogP contribution in [0.5, 0.6) is 0 Å². The van der Waals surface area contributed by atoms with Crippen molar-refractivity contribution in [2.24, 2.45) is 0 Å². The second kappa shape index (κ2) is 7.64. The molecule has 0 spiro atoms. The minimum absolute atomic E-state index is 0.0145. The number of hydrogen-bond acceptors (Lipinski definition) is 3. The number of benzene rings is 1. The third-order valence-electron chi connectivity index (χ3n) is 3.38. The first-order valence-electron chi connectivity index (χ1n) is 7.01. The van der Waals surface area contributed by atoms with Crippen LogP contribution in [0.1, 0.15) is 18.6 Å². The number of halogens is 1. The molecule has 21 heavy (non-hydrogen) atoms. The smallest absolute Gasteiger partial charge is 0.317 e. The van der Waals surface area contributed by atoms with Gasteiger partial charge in [-0.2, -0.15) is 0 Å². The van der Waals surface area contributed by atoms with E-state index in [2.05, 4.69) is 5.32 Å². The number of methoxy groups -OCH3 is 1. The number of ether oxygens (including phenoxy) is 2. The summed E-state index contributed by atoms with van der Waals surface area (Å²) < 4.78 is 10.8. The lowest BCUT2D eigenvalue weighted by Gasteiger charge is -2.34. The van der Waals surface area contributed by atoms with Gasteiger partial charge in [0, 0.05) is 18.7 Å². The number of carbonyl (C=O) groups is 1. The molecule has 0 aliphatic carbocycles. The molecule has 1 heterocycles. The van der Waals surface area contributed by atoms with Crippen LogP contribution in [0.4, 0.5) is 4.79 Å². The molecule has 0 saturated carbocycles. The van der Waals surface area contributed by atoms with Crippen molar-refractivity contribution in [3.05, 3.63) is 34.9 Å². The first-order valence-corrected chi connectivity index (χ1v) is 7.39. The topological polar surface area (TPSA) is 50.8 Å². The molecule has 0 radical (unpaired) electrons. The summed E-state index contributed by atoms with van der Waals surface area (Å²) in [6.45, 7) is 4.07. The average Bonchev–Trinajstić information content (AvgIpc) is 2.48.